The normalized spacial score (nSPS) is 10.7. The quantitative estimate of drug-likeness (QED) is 0.802. The van der Waals surface area contributed by atoms with Gasteiger partial charge in [0.2, 0.25) is 0 Å². The molecule has 0 amide bonds. The van der Waals surface area contributed by atoms with Gasteiger partial charge >= 0.3 is 0 Å². The van der Waals surface area contributed by atoms with Crippen LogP contribution in [0.2, 0.25) is 0 Å². The van der Waals surface area contributed by atoms with Gasteiger partial charge in [-0.25, -0.2) is 8.78 Å². The van der Waals surface area contributed by atoms with Gasteiger partial charge in [-0.3, -0.25) is 4.98 Å². The van der Waals surface area contributed by atoms with Crippen LogP contribution in [0.3, 0.4) is 0 Å². The molecule has 0 saturated heterocycles. The van der Waals surface area contributed by atoms with Crippen molar-refractivity contribution in [3.8, 4) is 0 Å². The van der Waals surface area contributed by atoms with E-state index in [1.165, 1.54) is 6.20 Å². The monoisotopic (exact) mass is 236 g/mol. The molecule has 0 radical (unpaired) electrons. The molecule has 0 aliphatic rings. The van der Waals surface area contributed by atoms with Crippen LogP contribution in [0, 0.1) is 0 Å². The number of hydrogen-bond donors (Lipinski definition) is 1. The molecule has 0 bridgehead atoms. The van der Waals surface area contributed by atoms with Crippen LogP contribution in [-0.4, -0.2) is 4.98 Å². The molecule has 1 rings (SSSR count). The van der Waals surface area contributed by atoms with Gasteiger partial charge in [-0.15, -0.1) is 0 Å². The molecule has 1 aromatic heterocycles. The van der Waals surface area contributed by atoms with Gasteiger partial charge in [0.25, 0.3) is 6.43 Å². The first-order valence-electron chi connectivity index (χ1n) is 3.23. The Morgan fingerprint density at radius 1 is 1.50 bits per heavy atom. The smallest absolute Gasteiger partial charge is 0.267 e. The molecular weight excluding hydrogens is 230 g/mol. The molecule has 2 nitrogen and oxygen atoms in total. The van der Waals surface area contributed by atoms with Crippen molar-refractivity contribution in [2.24, 2.45) is 0 Å². The van der Waals surface area contributed by atoms with Gasteiger partial charge in [0, 0.05) is 29.0 Å². The molecule has 0 aliphatic carbocycles. The molecule has 0 fully saturated rings. The maximum Gasteiger partial charge on any atom is 0.267 e. The highest BCUT2D eigenvalue weighted by molar-refractivity contribution is 9.08. The number of nitrogens with zero attached hydrogens (tertiary/aromatic N) is 1. The molecule has 5 heteroatoms. The zero-order valence-electron chi connectivity index (χ0n) is 6.10. The Labute approximate surface area is 76.9 Å². The molecule has 0 aliphatic heterocycles. The van der Waals surface area contributed by atoms with Crippen molar-refractivity contribution >= 4 is 21.6 Å². The minimum atomic E-state index is -2.56. The number of nitrogens with two attached hydrogens (primary N) is 1. The second-order valence-electron chi connectivity index (χ2n) is 2.24. The van der Waals surface area contributed by atoms with Crippen molar-refractivity contribution in [3.63, 3.8) is 0 Å². The predicted octanol–water partition coefficient (Wildman–Crippen LogP) is 2.50. The number of halogens is 3. The number of alkyl halides is 3. The van der Waals surface area contributed by atoms with E-state index in [1.807, 2.05) is 0 Å². The van der Waals surface area contributed by atoms with Crippen molar-refractivity contribution in [2.75, 3.05) is 5.73 Å². The lowest BCUT2D eigenvalue weighted by Crippen LogP contribution is -2.00. The third kappa shape index (κ3) is 1.72. The second kappa shape index (κ2) is 3.80. The summed E-state index contributed by atoms with van der Waals surface area (Å²) in [4.78, 5) is 3.65. The summed E-state index contributed by atoms with van der Waals surface area (Å²) in [6.07, 6.45) is -0.00113. The summed E-state index contributed by atoms with van der Waals surface area (Å²) >= 11 is 3.13. The summed E-state index contributed by atoms with van der Waals surface area (Å²) in [5.41, 5.74) is 5.96. The van der Waals surface area contributed by atoms with Crippen molar-refractivity contribution < 1.29 is 8.78 Å². The second-order valence-corrected chi connectivity index (χ2v) is 2.80. The highest BCUT2D eigenvalue weighted by Gasteiger charge is 2.13. The SMILES string of the molecule is Nc1c(CBr)cncc1C(F)F. The van der Waals surface area contributed by atoms with Gasteiger partial charge in [-0.2, -0.15) is 0 Å². The van der Waals surface area contributed by atoms with E-state index >= 15 is 0 Å². The van der Waals surface area contributed by atoms with Gasteiger partial charge < -0.3 is 5.73 Å². The molecule has 66 valence electrons. The number of anilines is 1. The summed E-state index contributed by atoms with van der Waals surface area (Å²) in [5.74, 6) is 0. The van der Waals surface area contributed by atoms with E-state index in [4.69, 9.17) is 5.73 Å². The number of nitrogen functional groups attached to an aromatic ring is 1. The molecular formula is C7H7BrF2N2. The summed E-state index contributed by atoms with van der Waals surface area (Å²) in [7, 11) is 0. The summed E-state index contributed by atoms with van der Waals surface area (Å²) in [6.45, 7) is 0. The average Bonchev–Trinajstić information content (AvgIpc) is 2.04. The fraction of sp³-hybridized carbons (Fsp3) is 0.286. The van der Waals surface area contributed by atoms with Crippen LogP contribution in [0.1, 0.15) is 17.6 Å². The first-order valence-corrected chi connectivity index (χ1v) is 4.35. The lowest BCUT2D eigenvalue weighted by molar-refractivity contribution is 0.152. The largest absolute Gasteiger partial charge is 0.398 e. The van der Waals surface area contributed by atoms with Gasteiger partial charge in [0.1, 0.15) is 0 Å². The molecule has 12 heavy (non-hydrogen) atoms. The van der Waals surface area contributed by atoms with Crippen molar-refractivity contribution in [3.05, 3.63) is 23.5 Å². The van der Waals surface area contributed by atoms with Gasteiger partial charge in [-0.05, 0) is 0 Å². The standard InChI is InChI=1S/C7H7BrF2N2/c8-1-4-2-12-3-5(6(4)11)7(9)10/h2-3,7H,1H2,(H2,11,12). The van der Waals surface area contributed by atoms with Crippen LogP contribution in [-0.2, 0) is 5.33 Å². The van der Waals surface area contributed by atoms with Crippen LogP contribution >= 0.6 is 15.9 Å². The Morgan fingerprint density at radius 2 is 2.17 bits per heavy atom. The third-order valence-electron chi connectivity index (χ3n) is 1.48. The lowest BCUT2D eigenvalue weighted by atomic mass is 10.2. The number of aromatic nitrogens is 1. The Bertz CT molecular complexity index is 278. The van der Waals surface area contributed by atoms with E-state index in [0.717, 1.165) is 6.20 Å². The lowest BCUT2D eigenvalue weighted by Gasteiger charge is -2.06. The van der Waals surface area contributed by atoms with E-state index in [-0.39, 0.29) is 11.3 Å². The maximum absolute atomic E-state index is 12.2. The maximum atomic E-state index is 12.2. The number of rotatable bonds is 2. The van der Waals surface area contributed by atoms with E-state index in [1.54, 1.807) is 0 Å². The van der Waals surface area contributed by atoms with Crippen molar-refractivity contribution in [1.82, 2.24) is 4.98 Å². The molecule has 0 atom stereocenters. The highest BCUT2D eigenvalue weighted by atomic mass is 79.9. The van der Waals surface area contributed by atoms with Crippen LogP contribution in [0.15, 0.2) is 12.4 Å². The van der Waals surface area contributed by atoms with E-state index in [2.05, 4.69) is 20.9 Å². The van der Waals surface area contributed by atoms with E-state index in [9.17, 15) is 8.78 Å². The fourth-order valence-electron chi connectivity index (χ4n) is 0.812. The van der Waals surface area contributed by atoms with Crippen LogP contribution < -0.4 is 5.73 Å². The van der Waals surface area contributed by atoms with Crippen molar-refractivity contribution in [2.45, 2.75) is 11.8 Å². The van der Waals surface area contributed by atoms with Gasteiger partial charge in [0.15, 0.2) is 0 Å². The minimum absolute atomic E-state index is 0.122. The molecule has 0 saturated carbocycles. The molecule has 1 aromatic rings. The van der Waals surface area contributed by atoms with Gasteiger partial charge in [0.05, 0.1) is 5.56 Å². The Hall–Kier alpha value is -0.710. The van der Waals surface area contributed by atoms with Gasteiger partial charge in [-0.1, -0.05) is 15.9 Å². The summed E-state index contributed by atoms with van der Waals surface area (Å²) < 4.78 is 24.4. The number of pyridine rings is 1. The van der Waals surface area contributed by atoms with E-state index < -0.39 is 6.43 Å². The van der Waals surface area contributed by atoms with Crippen LogP contribution in [0.25, 0.3) is 0 Å². The van der Waals surface area contributed by atoms with Crippen LogP contribution in [0.5, 0.6) is 0 Å². The average molecular weight is 237 g/mol. The minimum Gasteiger partial charge on any atom is -0.398 e. The molecule has 1 heterocycles. The molecule has 0 aromatic carbocycles. The number of hydrogen-bond acceptors (Lipinski definition) is 2. The topological polar surface area (TPSA) is 38.9 Å². The summed E-state index contributed by atoms with van der Waals surface area (Å²) in [5, 5.41) is 0.437. The third-order valence-corrected chi connectivity index (χ3v) is 2.08. The Kier molecular flexibility index (Phi) is 2.97. The van der Waals surface area contributed by atoms with Crippen molar-refractivity contribution in [1.29, 1.82) is 0 Å². The Morgan fingerprint density at radius 3 is 2.67 bits per heavy atom. The Balaban J connectivity index is 3.14. The molecule has 2 N–H and O–H groups in total. The first kappa shape index (κ1) is 9.38. The zero-order valence-corrected chi connectivity index (χ0v) is 7.68. The fourth-order valence-corrected chi connectivity index (χ4v) is 1.26. The predicted molar refractivity (Wildman–Crippen MR) is 46.2 cm³/mol. The first-order chi connectivity index (χ1) is 5.66. The molecule has 0 spiro atoms. The van der Waals surface area contributed by atoms with Crippen LogP contribution in [0.4, 0.5) is 14.5 Å². The highest BCUT2D eigenvalue weighted by Crippen LogP contribution is 2.27. The van der Waals surface area contributed by atoms with E-state index in [0.29, 0.717) is 10.9 Å². The zero-order chi connectivity index (χ0) is 9.14. The summed E-state index contributed by atoms with van der Waals surface area (Å²) in [6, 6.07) is 0. The molecule has 0 unspecified atom stereocenters.